The molecule has 1 unspecified atom stereocenters. The number of thioether (sulfide) groups is 1. The normalized spacial score (nSPS) is 11.8. The second kappa shape index (κ2) is 15.6. The molecule has 47 heavy (non-hydrogen) atoms. The third-order valence-corrected chi connectivity index (χ3v) is 8.60. The van der Waals surface area contributed by atoms with Crippen molar-refractivity contribution in [3.63, 3.8) is 0 Å². The summed E-state index contributed by atoms with van der Waals surface area (Å²) >= 11 is 13.4. The lowest BCUT2D eigenvalue weighted by Crippen LogP contribution is -2.30. The summed E-state index contributed by atoms with van der Waals surface area (Å²) in [5.41, 5.74) is 1.46. The molecule has 0 heterocycles. The summed E-state index contributed by atoms with van der Waals surface area (Å²) in [4.78, 5) is 40.4. The Morgan fingerprint density at radius 1 is 0.681 bits per heavy atom. The first-order chi connectivity index (χ1) is 22.7. The molecule has 0 spiro atoms. The molecule has 0 aliphatic heterocycles. The van der Waals surface area contributed by atoms with E-state index in [1.165, 1.54) is 54.2 Å². The van der Waals surface area contributed by atoms with Gasteiger partial charge in [0.05, 0.1) is 10.0 Å². The number of carbonyl (C=O) groups excluding carboxylic acids is 3. The highest BCUT2D eigenvalue weighted by molar-refractivity contribution is 8.00. The minimum Gasteiger partial charge on any atom is -0.325 e. The largest absolute Gasteiger partial charge is 0.325 e. The molecule has 5 rings (SSSR count). The summed E-state index contributed by atoms with van der Waals surface area (Å²) in [7, 11) is 0. The molecule has 11 heteroatoms. The highest BCUT2D eigenvalue weighted by atomic mass is 35.5. The van der Waals surface area contributed by atoms with Gasteiger partial charge in [0.1, 0.15) is 22.6 Å². The van der Waals surface area contributed by atoms with Gasteiger partial charge in [-0.3, -0.25) is 14.4 Å². The van der Waals surface area contributed by atoms with Gasteiger partial charge >= 0.3 is 0 Å². The quantitative estimate of drug-likeness (QED) is 0.101. The minimum atomic E-state index is -0.714. The molecule has 0 bridgehead atoms. The molecule has 5 aromatic rings. The Kier molecular flexibility index (Phi) is 11.1. The van der Waals surface area contributed by atoms with Crippen LogP contribution in [-0.2, 0) is 9.59 Å². The lowest BCUT2D eigenvalue weighted by Gasteiger charge is -2.18. The first kappa shape index (κ1) is 33.4. The van der Waals surface area contributed by atoms with Crippen LogP contribution in [0.4, 0.5) is 20.2 Å². The molecule has 5 aromatic carbocycles. The van der Waals surface area contributed by atoms with Gasteiger partial charge in [0.25, 0.3) is 11.8 Å². The van der Waals surface area contributed by atoms with Crippen LogP contribution >= 0.6 is 35.0 Å². The first-order valence-corrected chi connectivity index (χ1v) is 15.7. The van der Waals surface area contributed by atoms with E-state index in [9.17, 15) is 23.2 Å². The zero-order valence-corrected chi connectivity index (χ0v) is 26.7. The van der Waals surface area contributed by atoms with Crippen LogP contribution in [0.15, 0.2) is 132 Å². The van der Waals surface area contributed by atoms with Crippen LogP contribution in [0.5, 0.6) is 0 Å². The molecular formula is C36H25Cl2F2N3O3S. The molecule has 0 aliphatic rings. The van der Waals surface area contributed by atoms with Crippen molar-refractivity contribution in [1.29, 1.82) is 0 Å². The summed E-state index contributed by atoms with van der Waals surface area (Å²) < 4.78 is 28.3. The molecule has 0 saturated heterocycles. The molecule has 0 aromatic heterocycles. The topological polar surface area (TPSA) is 87.3 Å². The van der Waals surface area contributed by atoms with E-state index < -0.39 is 28.7 Å². The number of carbonyl (C=O) groups is 3. The van der Waals surface area contributed by atoms with E-state index in [0.717, 1.165) is 5.56 Å². The van der Waals surface area contributed by atoms with Crippen molar-refractivity contribution in [3.05, 3.63) is 165 Å². The molecule has 0 aliphatic carbocycles. The fourth-order valence-corrected chi connectivity index (χ4v) is 5.79. The highest BCUT2D eigenvalue weighted by Crippen LogP contribution is 2.37. The molecule has 236 valence electrons. The monoisotopic (exact) mass is 687 g/mol. The molecule has 0 radical (unpaired) electrons. The standard InChI is InChI=1S/C36H25Cl2F2N3O3S/c37-28-12-7-13-30(39)27(28)21-32(43-34(44)23-10-5-2-6-11-23)35(45)41-24-14-17-26(18-15-24)47-33(22-8-3-1-4-9-22)36(46)42-25-16-19-31(40)29(38)20-25/h1-21,33H,(H,41,45)(H,42,46)(H,43,44)/b32-21-. The van der Waals surface area contributed by atoms with Crippen LogP contribution in [0.3, 0.4) is 0 Å². The molecular weight excluding hydrogens is 663 g/mol. The van der Waals surface area contributed by atoms with E-state index in [-0.39, 0.29) is 27.2 Å². The summed E-state index contributed by atoms with van der Waals surface area (Å²) in [5.74, 6) is -2.90. The van der Waals surface area contributed by atoms with Crippen molar-refractivity contribution in [1.82, 2.24) is 5.32 Å². The van der Waals surface area contributed by atoms with Crippen molar-refractivity contribution in [3.8, 4) is 0 Å². The van der Waals surface area contributed by atoms with E-state index in [1.807, 2.05) is 30.3 Å². The lowest BCUT2D eigenvalue weighted by molar-refractivity contribution is -0.116. The van der Waals surface area contributed by atoms with Crippen LogP contribution in [0.25, 0.3) is 6.08 Å². The van der Waals surface area contributed by atoms with E-state index in [0.29, 0.717) is 21.8 Å². The predicted molar refractivity (Wildman–Crippen MR) is 183 cm³/mol. The Morgan fingerprint density at radius 3 is 2.00 bits per heavy atom. The smallest absolute Gasteiger partial charge is 0.272 e. The van der Waals surface area contributed by atoms with Gasteiger partial charge < -0.3 is 16.0 Å². The van der Waals surface area contributed by atoms with Crippen molar-refractivity contribution < 1.29 is 23.2 Å². The van der Waals surface area contributed by atoms with Crippen LogP contribution in [0.1, 0.15) is 26.7 Å². The van der Waals surface area contributed by atoms with Crippen molar-refractivity contribution in [2.75, 3.05) is 10.6 Å². The fourth-order valence-electron chi connectivity index (χ4n) is 4.37. The van der Waals surface area contributed by atoms with Crippen LogP contribution < -0.4 is 16.0 Å². The van der Waals surface area contributed by atoms with Gasteiger partial charge in [0.15, 0.2) is 0 Å². The van der Waals surface area contributed by atoms with Gasteiger partial charge in [-0.1, -0.05) is 77.8 Å². The number of hydrogen-bond acceptors (Lipinski definition) is 4. The number of hydrogen-bond donors (Lipinski definition) is 3. The van der Waals surface area contributed by atoms with Crippen molar-refractivity contribution >= 4 is 70.1 Å². The second-order valence-electron chi connectivity index (χ2n) is 10.0. The van der Waals surface area contributed by atoms with E-state index in [2.05, 4.69) is 16.0 Å². The van der Waals surface area contributed by atoms with Gasteiger partial charge in [0, 0.05) is 27.4 Å². The number of halogens is 4. The Hall–Kier alpha value is -4.96. The average molecular weight is 689 g/mol. The van der Waals surface area contributed by atoms with E-state index in [1.54, 1.807) is 54.6 Å². The summed E-state index contributed by atoms with van der Waals surface area (Å²) in [6.07, 6.45) is 1.18. The Bertz CT molecular complexity index is 1920. The van der Waals surface area contributed by atoms with Gasteiger partial charge in [0.2, 0.25) is 5.91 Å². The Labute approximate surface area is 283 Å². The summed E-state index contributed by atoms with van der Waals surface area (Å²) in [5, 5.41) is 7.33. The van der Waals surface area contributed by atoms with Gasteiger partial charge in [-0.05, 0) is 78.4 Å². The first-order valence-electron chi connectivity index (χ1n) is 14.1. The molecule has 3 N–H and O–H groups in total. The van der Waals surface area contributed by atoms with Crippen LogP contribution in [0.2, 0.25) is 10.0 Å². The van der Waals surface area contributed by atoms with Crippen LogP contribution in [-0.4, -0.2) is 17.7 Å². The molecule has 6 nitrogen and oxygen atoms in total. The number of benzene rings is 5. The minimum absolute atomic E-state index is 0.0603. The predicted octanol–water partition coefficient (Wildman–Crippen LogP) is 9.15. The van der Waals surface area contributed by atoms with Crippen molar-refractivity contribution in [2.24, 2.45) is 0 Å². The average Bonchev–Trinajstić information content (AvgIpc) is 3.08. The Morgan fingerprint density at radius 2 is 1.34 bits per heavy atom. The summed E-state index contributed by atoms with van der Waals surface area (Å²) in [6, 6.07) is 32.1. The zero-order chi connectivity index (χ0) is 33.3. The number of rotatable bonds is 10. The maximum Gasteiger partial charge on any atom is 0.272 e. The lowest BCUT2D eigenvalue weighted by atomic mass is 10.1. The maximum absolute atomic E-state index is 14.6. The van der Waals surface area contributed by atoms with Crippen LogP contribution in [0, 0.1) is 11.6 Å². The Balaban J connectivity index is 1.35. The van der Waals surface area contributed by atoms with Gasteiger partial charge in [-0.25, -0.2) is 8.78 Å². The fraction of sp³-hybridized carbons (Fsp3) is 0.0278. The molecule has 3 amide bonds. The molecule has 1 atom stereocenters. The number of amides is 3. The van der Waals surface area contributed by atoms with E-state index in [4.69, 9.17) is 23.2 Å². The van der Waals surface area contributed by atoms with Gasteiger partial charge in [-0.15, -0.1) is 11.8 Å². The zero-order valence-electron chi connectivity index (χ0n) is 24.3. The second-order valence-corrected chi connectivity index (χ2v) is 12.0. The SMILES string of the molecule is O=C(Nc1ccc(SC(C(=O)Nc2ccc(F)c(Cl)c2)c2ccccc2)cc1)/C(=C/c1c(F)cccc1Cl)NC(=O)c1ccccc1. The van der Waals surface area contributed by atoms with Gasteiger partial charge in [-0.2, -0.15) is 0 Å². The van der Waals surface area contributed by atoms with Crippen molar-refractivity contribution in [2.45, 2.75) is 10.1 Å². The number of nitrogens with one attached hydrogen (secondary N) is 3. The third kappa shape index (κ3) is 8.86. The maximum atomic E-state index is 14.6. The molecule has 0 fully saturated rings. The number of anilines is 2. The van der Waals surface area contributed by atoms with E-state index >= 15 is 0 Å². The molecule has 0 saturated carbocycles. The third-order valence-electron chi connectivity index (χ3n) is 6.71. The summed E-state index contributed by atoms with van der Waals surface area (Å²) in [6.45, 7) is 0. The highest BCUT2D eigenvalue weighted by Gasteiger charge is 2.23.